The molecule has 0 bridgehead atoms. The second-order valence-corrected chi connectivity index (χ2v) is 20.9. The second kappa shape index (κ2) is 52.5. The Morgan fingerprint density at radius 1 is 0.513 bits per heavy atom. The summed E-state index contributed by atoms with van der Waals surface area (Å²) in [5.74, 6) is -0.414. The van der Waals surface area contributed by atoms with Crippen LogP contribution in [0, 0.1) is 0 Å². The van der Waals surface area contributed by atoms with Gasteiger partial charge in [0, 0.05) is 13.0 Å². The standard InChI is InChI=1S/C63H106O12S/c1-3-5-7-9-11-13-15-17-19-21-23-25-27-28-29-31-33-35-37-39-41-43-45-47-49-51-53-71-55-57(56-72-63-61(67)62(75-76(68,69)70)60(66)58(54-64)74-63)73-59(65)52-50-48-46-44-42-40-38-36-34-32-30-26-24-22-20-18-16-14-12-10-8-6-4-2/h5,7,11,13,16-19,22-25,28-29,33,35,39,41,57-58,60-64,66-67H,3-4,6,8-10,12,14-15,20-21,26-27,30-32,34,36-38,40,42-56H2,1-2H3,(H,68,69,70)/b7-5-,13-11-,18-16-,19-17-,24-22-,25-23-,29-28-,35-33-,41-39-. The summed E-state index contributed by atoms with van der Waals surface area (Å²) in [5.41, 5.74) is 0. The number of hydrogen-bond acceptors (Lipinski definition) is 11. The Morgan fingerprint density at radius 3 is 1.33 bits per heavy atom. The van der Waals surface area contributed by atoms with Gasteiger partial charge in [0.05, 0.1) is 19.8 Å². The van der Waals surface area contributed by atoms with E-state index < -0.39 is 59.8 Å². The molecular weight excluding hydrogens is 981 g/mol. The Balaban J connectivity index is 2.33. The number of unbranched alkanes of at least 4 members (excludes halogenated alkanes) is 20. The molecule has 12 nitrogen and oxygen atoms in total. The summed E-state index contributed by atoms with van der Waals surface area (Å²) < 4.78 is 59.4. The van der Waals surface area contributed by atoms with Crippen LogP contribution in [0.2, 0.25) is 0 Å². The van der Waals surface area contributed by atoms with Crippen molar-refractivity contribution >= 4 is 16.4 Å². The molecule has 6 unspecified atom stereocenters. The molecular formula is C63H106O12S. The van der Waals surface area contributed by atoms with Crippen molar-refractivity contribution in [2.75, 3.05) is 26.4 Å². The zero-order chi connectivity index (χ0) is 55.3. The first kappa shape index (κ1) is 70.8. The largest absolute Gasteiger partial charge is 0.457 e. The molecule has 1 fully saturated rings. The van der Waals surface area contributed by atoms with Gasteiger partial charge in [0.25, 0.3) is 0 Å². The van der Waals surface area contributed by atoms with Crippen LogP contribution in [-0.4, -0.2) is 97.5 Å². The quantitative estimate of drug-likeness (QED) is 0.0196. The minimum atomic E-state index is -5.08. The predicted molar refractivity (Wildman–Crippen MR) is 312 cm³/mol. The van der Waals surface area contributed by atoms with E-state index in [0.717, 1.165) is 103 Å². The molecule has 1 heterocycles. The number of hydrogen-bond donors (Lipinski definition) is 4. The number of aliphatic hydroxyl groups is 3. The lowest BCUT2D eigenvalue weighted by molar-refractivity contribution is -0.301. The summed E-state index contributed by atoms with van der Waals surface area (Å²) in [4.78, 5) is 13.0. The highest BCUT2D eigenvalue weighted by Crippen LogP contribution is 2.26. The van der Waals surface area contributed by atoms with E-state index in [1.54, 1.807) is 0 Å². The van der Waals surface area contributed by atoms with Gasteiger partial charge in [0.2, 0.25) is 0 Å². The molecule has 1 rings (SSSR count). The number of ether oxygens (including phenoxy) is 4. The maximum atomic E-state index is 13.0. The van der Waals surface area contributed by atoms with E-state index in [-0.39, 0.29) is 19.6 Å². The van der Waals surface area contributed by atoms with Gasteiger partial charge in [0.15, 0.2) is 6.29 Å². The Kier molecular flexibility index (Phi) is 48.9. The third-order valence-electron chi connectivity index (χ3n) is 12.9. The fraction of sp³-hybridized carbons (Fsp3) is 0.698. The highest BCUT2D eigenvalue weighted by atomic mass is 32.3. The first-order chi connectivity index (χ1) is 37.1. The van der Waals surface area contributed by atoms with Crippen LogP contribution < -0.4 is 0 Å². The lowest BCUT2D eigenvalue weighted by Gasteiger charge is -2.41. The molecule has 13 heteroatoms. The van der Waals surface area contributed by atoms with E-state index in [4.69, 9.17) is 18.9 Å². The van der Waals surface area contributed by atoms with Crippen molar-refractivity contribution in [1.29, 1.82) is 0 Å². The van der Waals surface area contributed by atoms with Crippen LogP contribution in [0.3, 0.4) is 0 Å². The summed E-state index contributed by atoms with van der Waals surface area (Å²) in [6, 6.07) is 0. The van der Waals surface area contributed by atoms with Crippen LogP contribution in [-0.2, 0) is 38.3 Å². The lowest BCUT2D eigenvalue weighted by atomic mass is 9.99. The van der Waals surface area contributed by atoms with E-state index in [0.29, 0.717) is 13.0 Å². The highest BCUT2D eigenvalue weighted by Gasteiger charge is 2.48. The molecule has 0 spiro atoms. The highest BCUT2D eigenvalue weighted by molar-refractivity contribution is 7.80. The van der Waals surface area contributed by atoms with E-state index in [2.05, 4.69) is 127 Å². The fourth-order valence-corrected chi connectivity index (χ4v) is 8.96. The summed E-state index contributed by atoms with van der Waals surface area (Å²) in [7, 11) is -5.08. The van der Waals surface area contributed by atoms with Crippen molar-refractivity contribution in [3.8, 4) is 0 Å². The number of allylic oxidation sites excluding steroid dienone is 18. The Bertz CT molecular complexity index is 1730. The molecule has 0 aromatic carbocycles. The molecule has 0 aliphatic carbocycles. The maximum Gasteiger partial charge on any atom is 0.397 e. The third kappa shape index (κ3) is 44.7. The predicted octanol–water partition coefficient (Wildman–Crippen LogP) is 15.1. The monoisotopic (exact) mass is 1090 g/mol. The van der Waals surface area contributed by atoms with Gasteiger partial charge in [-0.2, -0.15) is 8.42 Å². The van der Waals surface area contributed by atoms with Gasteiger partial charge in [-0.25, -0.2) is 4.18 Å². The van der Waals surface area contributed by atoms with E-state index in [1.807, 2.05) is 0 Å². The van der Waals surface area contributed by atoms with Crippen molar-refractivity contribution in [3.05, 3.63) is 109 Å². The first-order valence-electron chi connectivity index (χ1n) is 29.6. The SMILES string of the molecule is CC/C=C\C/C=C\C/C=C\C/C=C\C/C=C\C/C=C\C/C=C\CCCCCCOCC(COC1OC(CO)C(O)C(OS(=O)(=O)O)C1O)OC(=O)CCCCCCCCCCCCC/C=C\C/C=C\CCCCCCC. The molecule has 0 aromatic heterocycles. The second-order valence-electron chi connectivity index (χ2n) is 19.8. The topological polar surface area (TPSA) is 178 Å². The Labute approximate surface area is 462 Å². The van der Waals surface area contributed by atoms with Crippen LogP contribution >= 0.6 is 0 Å². The number of carbonyl (C=O) groups is 1. The van der Waals surface area contributed by atoms with Crippen molar-refractivity contribution in [3.63, 3.8) is 0 Å². The molecule has 0 amide bonds. The molecule has 76 heavy (non-hydrogen) atoms. The average molecular weight is 1090 g/mol. The smallest absolute Gasteiger partial charge is 0.397 e. The number of rotatable bonds is 51. The minimum Gasteiger partial charge on any atom is -0.457 e. The van der Waals surface area contributed by atoms with Crippen molar-refractivity contribution in [2.24, 2.45) is 0 Å². The van der Waals surface area contributed by atoms with Crippen LogP contribution in [0.5, 0.6) is 0 Å². The lowest BCUT2D eigenvalue weighted by Crippen LogP contribution is -2.60. The molecule has 4 N–H and O–H groups in total. The van der Waals surface area contributed by atoms with E-state index >= 15 is 0 Å². The third-order valence-corrected chi connectivity index (χ3v) is 13.3. The van der Waals surface area contributed by atoms with Gasteiger partial charge in [0.1, 0.15) is 30.5 Å². The van der Waals surface area contributed by atoms with Crippen LogP contribution in [0.4, 0.5) is 0 Å². The Hall–Kier alpha value is -3.24. The van der Waals surface area contributed by atoms with Crippen molar-refractivity contribution < 1.29 is 56.2 Å². The van der Waals surface area contributed by atoms with Crippen LogP contribution in [0.25, 0.3) is 0 Å². The molecule has 0 radical (unpaired) electrons. The van der Waals surface area contributed by atoms with Gasteiger partial charge in [-0.1, -0.05) is 220 Å². The summed E-state index contributed by atoms with van der Waals surface area (Å²) in [6.07, 6.45) is 65.5. The number of carbonyl (C=O) groups excluding carboxylic acids is 1. The first-order valence-corrected chi connectivity index (χ1v) is 31.0. The number of aliphatic hydroxyl groups excluding tert-OH is 3. The molecule has 436 valence electrons. The molecule has 0 saturated carbocycles. The molecule has 0 aromatic rings. The normalized spacial score (nSPS) is 19.4. The summed E-state index contributed by atoms with van der Waals surface area (Å²) in [5, 5.41) is 30.9. The minimum absolute atomic E-state index is 0.0111. The van der Waals surface area contributed by atoms with E-state index in [9.17, 15) is 33.1 Å². The molecule has 6 atom stereocenters. The average Bonchev–Trinajstić information content (AvgIpc) is 3.40. The van der Waals surface area contributed by atoms with E-state index in [1.165, 1.54) is 89.9 Å². The zero-order valence-electron chi connectivity index (χ0n) is 47.3. The van der Waals surface area contributed by atoms with Gasteiger partial charge < -0.3 is 34.3 Å². The van der Waals surface area contributed by atoms with Gasteiger partial charge >= 0.3 is 16.4 Å². The zero-order valence-corrected chi connectivity index (χ0v) is 48.1. The van der Waals surface area contributed by atoms with Crippen LogP contribution in [0.1, 0.15) is 219 Å². The van der Waals surface area contributed by atoms with Crippen molar-refractivity contribution in [1.82, 2.24) is 0 Å². The molecule has 1 aliphatic heterocycles. The summed E-state index contributed by atoms with van der Waals surface area (Å²) in [6.45, 7) is 3.81. The Morgan fingerprint density at radius 2 is 0.908 bits per heavy atom. The number of esters is 1. The fourth-order valence-electron chi connectivity index (χ4n) is 8.45. The summed E-state index contributed by atoms with van der Waals surface area (Å²) >= 11 is 0. The van der Waals surface area contributed by atoms with Gasteiger partial charge in [-0.15, -0.1) is 0 Å². The molecule has 1 aliphatic rings. The van der Waals surface area contributed by atoms with Crippen LogP contribution in [0.15, 0.2) is 109 Å². The van der Waals surface area contributed by atoms with Gasteiger partial charge in [-0.05, 0) is 103 Å². The van der Waals surface area contributed by atoms with Gasteiger partial charge in [-0.3, -0.25) is 9.35 Å². The maximum absolute atomic E-state index is 13.0. The molecule has 1 saturated heterocycles. The van der Waals surface area contributed by atoms with Crippen molar-refractivity contribution in [2.45, 2.75) is 256 Å².